The third kappa shape index (κ3) is 4.52. The summed E-state index contributed by atoms with van der Waals surface area (Å²) in [5, 5.41) is 6.56. The lowest BCUT2D eigenvalue weighted by atomic mass is 10.1. The maximum absolute atomic E-state index is 12.3. The lowest BCUT2D eigenvalue weighted by molar-refractivity contribution is 0.0977. The van der Waals surface area contributed by atoms with Gasteiger partial charge in [0, 0.05) is 24.3 Å². The summed E-state index contributed by atoms with van der Waals surface area (Å²) >= 11 is 11.7. The zero-order valence-corrected chi connectivity index (χ0v) is 16.0. The number of hydrogen-bond acceptors (Lipinski definition) is 4. The Hall–Kier alpha value is -2.15. The van der Waals surface area contributed by atoms with Crippen molar-refractivity contribution < 1.29 is 9.53 Å². The number of ether oxygens (including phenoxy) is 1. The molecule has 5 nitrogen and oxygen atoms in total. The van der Waals surface area contributed by atoms with E-state index in [1.165, 1.54) is 0 Å². The fourth-order valence-electron chi connectivity index (χ4n) is 2.81. The number of nitrogens with zero attached hydrogens (tertiary/aromatic N) is 1. The number of benzene rings is 2. The molecule has 1 amide bonds. The molecule has 26 heavy (non-hydrogen) atoms. The minimum Gasteiger partial charge on any atom is -0.378 e. The highest BCUT2D eigenvalue weighted by Gasteiger charge is 2.15. The number of aryl methyl sites for hydroxylation is 1. The van der Waals surface area contributed by atoms with E-state index < -0.39 is 0 Å². The van der Waals surface area contributed by atoms with E-state index >= 15 is 0 Å². The topological polar surface area (TPSA) is 53.6 Å². The Labute approximate surface area is 163 Å². The van der Waals surface area contributed by atoms with Crippen LogP contribution in [-0.2, 0) is 4.74 Å². The summed E-state index contributed by atoms with van der Waals surface area (Å²) < 4.78 is 5.36. The average molecular weight is 390 g/mol. The van der Waals surface area contributed by atoms with Crippen molar-refractivity contribution in [2.45, 2.75) is 6.92 Å². The molecule has 0 unspecified atom stereocenters. The van der Waals surface area contributed by atoms with Gasteiger partial charge in [0.1, 0.15) is 0 Å². The van der Waals surface area contributed by atoms with Gasteiger partial charge in [-0.1, -0.05) is 29.8 Å². The molecule has 0 spiro atoms. The first-order valence-corrected chi connectivity index (χ1v) is 9.13. The number of nitrogens with one attached hydrogen (secondary N) is 2. The number of anilines is 2. The van der Waals surface area contributed by atoms with Crippen molar-refractivity contribution >= 4 is 46.2 Å². The number of rotatable bonds is 3. The quantitative estimate of drug-likeness (QED) is 0.785. The molecule has 1 aliphatic heterocycles. The minimum absolute atomic E-state index is 0.230. The second kappa shape index (κ2) is 8.49. The molecule has 1 aliphatic rings. The number of halogens is 1. The summed E-state index contributed by atoms with van der Waals surface area (Å²) in [7, 11) is 0. The molecule has 2 aromatic carbocycles. The zero-order chi connectivity index (χ0) is 18.5. The van der Waals surface area contributed by atoms with Gasteiger partial charge in [-0.25, -0.2) is 0 Å². The van der Waals surface area contributed by atoms with Gasteiger partial charge >= 0.3 is 0 Å². The molecule has 1 heterocycles. The Morgan fingerprint density at radius 2 is 1.92 bits per heavy atom. The highest BCUT2D eigenvalue weighted by Crippen LogP contribution is 2.29. The summed E-state index contributed by atoms with van der Waals surface area (Å²) in [6.07, 6.45) is 0. The van der Waals surface area contributed by atoms with Gasteiger partial charge in [-0.15, -0.1) is 0 Å². The minimum atomic E-state index is -0.239. The zero-order valence-electron chi connectivity index (χ0n) is 14.4. The highest BCUT2D eigenvalue weighted by atomic mass is 35.5. The van der Waals surface area contributed by atoms with Gasteiger partial charge in [0.15, 0.2) is 5.11 Å². The van der Waals surface area contributed by atoms with Crippen LogP contribution in [0.25, 0.3) is 0 Å². The normalized spacial score (nSPS) is 14.0. The van der Waals surface area contributed by atoms with Crippen molar-refractivity contribution in [1.82, 2.24) is 5.32 Å². The van der Waals surface area contributed by atoms with Crippen LogP contribution >= 0.6 is 23.8 Å². The van der Waals surface area contributed by atoms with Gasteiger partial charge in [0.05, 0.1) is 23.9 Å². The summed E-state index contributed by atoms with van der Waals surface area (Å²) in [6.45, 7) is 4.92. The standard InChI is InChI=1S/C19H20ClN3O2S/c1-13-4-2-3-5-15(13)18(24)22-19(26)21-14-6-7-17(16(20)12-14)23-8-10-25-11-9-23/h2-7,12H,8-11H2,1H3,(H2,21,22,24,26). The van der Waals surface area contributed by atoms with Gasteiger partial charge in [0.2, 0.25) is 0 Å². The third-order valence-corrected chi connectivity index (χ3v) is 4.68. The van der Waals surface area contributed by atoms with E-state index in [4.69, 9.17) is 28.6 Å². The molecule has 0 atom stereocenters. The molecule has 1 saturated heterocycles. The van der Waals surface area contributed by atoms with Crippen LogP contribution < -0.4 is 15.5 Å². The van der Waals surface area contributed by atoms with E-state index in [0.717, 1.165) is 30.0 Å². The van der Waals surface area contributed by atoms with E-state index in [1.807, 2.05) is 37.3 Å². The van der Waals surface area contributed by atoms with Crippen LogP contribution in [0.15, 0.2) is 42.5 Å². The maximum atomic E-state index is 12.3. The Morgan fingerprint density at radius 1 is 1.19 bits per heavy atom. The summed E-state index contributed by atoms with van der Waals surface area (Å²) in [4.78, 5) is 14.5. The predicted octanol–water partition coefficient (Wildman–Crippen LogP) is 3.61. The van der Waals surface area contributed by atoms with Gasteiger partial charge in [-0.05, 0) is 49.0 Å². The molecule has 0 aromatic heterocycles. The van der Waals surface area contributed by atoms with Crippen molar-refractivity contribution in [1.29, 1.82) is 0 Å². The Bertz CT molecular complexity index is 822. The van der Waals surface area contributed by atoms with Crippen molar-refractivity contribution in [2.75, 3.05) is 36.5 Å². The van der Waals surface area contributed by atoms with E-state index in [9.17, 15) is 4.79 Å². The van der Waals surface area contributed by atoms with Crippen molar-refractivity contribution in [3.63, 3.8) is 0 Å². The molecule has 2 N–H and O–H groups in total. The maximum Gasteiger partial charge on any atom is 0.257 e. The largest absolute Gasteiger partial charge is 0.378 e. The van der Waals surface area contributed by atoms with Gasteiger partial charge in [-0.2, -0.15) is 0 Å². The van der Waals surface area contributed by atoms with Crippen LogP contribution in [0, 0.1) is 6.92 Å². The number of thiocarbonyl (C=S) groups is 1. The predicted molar refractivity (Wildman–Crippen MR) is 109 cm³/mol. The van der Waals surface area contributed by atoms with Gasteiger partial charge in [-0.3, -0.25) is 10.1 Å². The molecule has 7 heteroatoms. The van der Waals surface area contributed by atoms with Crippen molar-refractivity contribution in [3.05, 3.63) is 58.6 Å². The second-order valence-electron chi connectivity index (χ2n) is 5.99. The van der Waals surface area contributed by atoms with Crippen molar-refractivity contribution in [3.8, 4) is 0 Å². The molecular weight excluding hydrogens is 370 g/mol. The molecule has 0 radical (unpaired) electrons. The Kier molecular flexibility index (Phi) is 6.08. The van der Waals surface area contributed by atoms with E-state index in [0.29, 0.717) is 23.8 Å². The molecule has 2 aromatic rings. The third-order valence-electron chi connectivity index (χ3n) is 4.17. The number of morpholine rings is 1. The molecule has 0 bridgehead atoms. The highest BCUT2D eigenvalue weighted by molar-refractivity contribution is 7.80. The molecule has 136 valence electrons. The Morgan fingerprint density at radius 3 is 2.62 bits per heavy atom. The molecule has 0 saturated carbocycles. The number of carbonyl (C=O) groups is 1. The molecule has 3 rings (SSSR count). The first-order valence-electron chi connectivity index (χ1n) is 8.35. The van der Waals surface area contributed by atoms with E-state index in [2.05, 4.69) is 15.5 Å². The first kappa shape index (κ1) is 18.6. The van der Waals surface area contributed by atoms with Crippen LogP contribution in [0.4, 0.5) is 11.4 Å². The number of hydrogen-bond donors (Lipinski definition) is 2. The van der Waals surface area contributed by atoms with E-state index in [-0.39, 0.29) is 11.0 Å². The fraction of sp³-hybridized carbons (Fsp3) is 0.263. The average Bonchev–Trinajstić information content (AvgIpc) is 2.62. The SMILES string of the molecule is Cc1ccccc1C(=O)NC(=S)Nc1ccc(N2CCOCC2)c(Cl)c1. The molecular formula is C19H20ClN3O2S. The lowest BCUT2D eigenvalue weighted by Gasteiger charge is -2.29. The Balaban J connectivity index is 1.63. The molecule has 1 fully saturated rings. The smallest absolute Gasteiger partial charge is 0.257 e. The summed E-state index contributed by atoms with van der Waals surface area (Å²) in [5.74, 6) is -0.239. The van der Waals surface area contributed by atoms with Crippen LogP contribution in [-0.4, -0.2) is 37.3 Å². The van der Waals surface area contributed by atoms with Gasteiger partial charge in [0.25, 0.3) is 5.91 Å². The van der Waals surface area contributed by atoms with Gasteiger partial charge < -0.3 is 15.0 Å². The number of amides is 1. The first-order chi connectivity index (χ1) is 12.5. The molecule has 0 aliphatic carbocycles. The monoisotopic (exact) mass is 389 g/mol. The lowest BCUT2D eigenvalue weighted by Crippen LogP contribution is -2.36. The fourth-order valence-corrected chi connectivity index (χ4v) is 3.32. The number of carbonyl (C=O) groups excluding carboxylic acids is 1. The second-order valence-corrected chi connectivity index (χ2v) is 6.80. The summed E-state index contributed by atoms with van der Waals surface area (Å²) in [6, 6.07) is 13.0. The van der Waals surface area contributed by atoms with Crippen LogP contribution in [0.3, 0.4) is 0 Å². The van der Waals surface area contributed by atoms with Crippen LogP contribution in [0.5, 0.6) is 0 Å². The summed E-state index contributed by atoms with van der Waals surface area (Å²) in [5.41, 5.74) is 3.18. The van der Waals surface area contributed by atoms with E-state index in [1.54, 1.807) is 12.1 Å². The van der Waals surface area contributed by atoms with Crippen LogP contribution in [0.1, 0.15) is 15.9 Å². The van der Waals surface area contributed by atoms with Crippen LogP contribution in [0.2, 0.25) is 5.02 Å². The van der Waals surface area contributed by atoms with Crippen molar-refractivity contribution in [2.24, 2.45) is 0 Å².